The van der Waals surface area contributed by atoms with Crippen molar-refractivity contribution >= 4 is 17.0 Å². The van der Waals surface area contributed by atoms with Crippen LogP contribution in [0.2, 0.25) is 0 Å². The van der Waals surface area contributed by atoms with Gasteiger partial charge in [-0.3, -0.25) is 0 Å². The molecule has 0 spiro atoms. The third-order valence-corrected chi connectivity index (χ3v) is 2.78. The average Bonchev–Trinajstić information content (AvgIpc) is 2.81. The van der Waals surface area contributed by atoms with Crippen molar-refractivity contribution < 1.29 is 19.4 Å². The van der Waals surface area contributed by atoms with E-state index < -0.39 is 5.97 Å². The second-order valence-electron chi connectivity index (χ2n) is 4.05. The number of carboxylic acid groups (broad SMARTS) is 1. The van der Waals surface area contributed by atoms with E-state index in [9.17, 15) is 4.79 Å². The molecule has 2 rings (SSSR count). The zero-order chi connectivity index (χ0) is 13.7. The van der Waals surface area contributed by atoms with Crippen LogP contribution in [-0.4, -0.2) is 47.6 Å². The van der Waals surface area contributed by atoms with Gasteiger partial charge in [0.25, 0.3) is 0 Å². The lowest BCUT2D eigenvalue weighted by Gasteiger charge is -2.06. The molecule has 0 unspecified atom stereocenters. The summed E-state index contributed by atoms with van der Waals surface area (Å²) >= 11 is 0. The summed E-state index contributed by atoms with van der Waals surface area (Å²) in [4.78, 5) is 15.2. The van der Waals surface area contributed by atoms with Crippen molar-refractivity contribution in [2.45, 2.75) is 6.54 Å². The molecule has 1 heterocycles. The van der Waals surface area contributed by atoms with E-state index >= 15 is 0 Å². The minimum Gasteiger partial charge on any atom is -0.478 e. The molecular formula is C13H16N2O4. The van der Waals surface area contributed by atoms with Gasteiger partial charge < -0.3 is 19.1 Å². The van der Waals surface area contributed by atoms with E-state index in [0.717, 1.165) is 11.0 Å². The number of fused-ring (bicyclic) bond motifs is 1. The molecular weight excluding hydrogens is 248 g/mol. The fourth-order valence-electron chi connectivity index (χ4n) is 1.78. The van der Waals surface area contributed by atoms with Crippen LogP contribution in [0.15, 0.2) is 24.5 Å². The number of carboxylic acids is 1. The zero-order valence-corrected chi connectivity index (χ0v) is 10.7. The first-order chi connectivity index (χ1) is 9.22. The Morgan fingerprint density at radius 1 is 1.37 bits per heavy atom. The van der Waals surface area contributed by atoms with Crippen LogP contribution >= 0.6 is 0 Å². The van der Waals surface area contributed by atoms with E-state index in [-0.39, 0.29) is 5.56 Å². The highest BCUT2D eigenvalue weighted by atomic mass is 16.5. The Morgan fingerprint density at radius 2 is 2.21 bits per heavy atom. The van der Waals surface area contributed by atoms with Gasteiger partial charge in [0.2, 0.25) is 0 Å². The third kappa shape index (κ3) is 3.30. The predicted molar refractivity (Wildman–Crippen MR) is 69.4 cm³/mol. The van der Waals surface area contributed by atoms with Crippen LogP contribution in [0.5, 0.6) is 0 Å². The molecule has 0 fully saturated rings. The summed E-state index contributed by atoms with van der Waals surface area (Å²) in [6, 6.07) is 4.89. The summed E-state index contributed by atoms with van der Waals surface area (Å²) in [6.07, 6.45) is 1.69. The molecule has 1 aromatic heterocycles. The SMILES string of the molecule is COCCOCCn1cnc2ccc(C(=O)O)cc21. The molecule has 0 bridgehead atoms. The number of rotatable bonds is 7. The smallest absolute Gasteiger partial charge is 0.335 e. The molecule has 0 saturated heterocycles. The molecule has 0 atom stereocenters. The monoisotopic (exact) mass is 264 g/mol. The highest BCUT2D eigenvalue weighted by Gasteiger charge is 2.07. The quantitative estimate of drug-likeness (QED) is 0.765. The molecule has 0 aliphatic heterocycles. The van der Waals surface area contributed by atoms with Crippen LogP contribution < -0.4 is 0 Å². The van der Waals surface area contributed by atoms with Gasteiger partial charge in [-0.2, -0.15) is 0 Å². The number of nitrogens with zero attached hydrogens (tertiary/aromatic N) is 2. The normalized spacial score (nSPS) is 11.0. The Kier molecular flexibility index (Phi) is 4.48. The van der Waals surface area contributed by atoms with Crippen LogP contribution in [0.3, 0.4) is 0 Å². The average molecular weight is 264 g/mol. The second-order valence-corrected chi connectivity index (χ2v) is 4.05. The topological polar surface area (TPSA) is 73.6 Å². The first-order valence-corrected chi connectivity index (χ1v) is 5.97. The van der Waals surface area contributed by atoms with E-state index in [4.69, 9.17) is 14.6 Å². The maximum Gasteiger partial charge on any atom is 0.335 e. The van der Waals surface area contributed by atoms with Gasteiger partial charge in [-0.1, -0.05) is 0 Å². The van der Waals surface area contributed by atoms with Crippen molar-refractivity contribution in [1.82, 2.24) is 9.55 Å². The number of hydrogen-bond donors (Lipinski definition) is 1. The maximum atomic E-state index is 10.9. The van der Waals surface area contributed by atoms with Crippen molar-refractivity contribution in [2.75, 3.05) is 26.9 Å². The molecule has 0 saturated carbocycles. The summed E-state index contributed by atoms with van der Waals surface area (Å²) in [5.41, 5.74) is 1.84. The number of aromatic nitrogens is 2. The lowest BCUT2D eigenvalue weighted by Crippen LogP contribution is -2.08. The van der Waals surface area contributed by atoms with Gasteiger partial charge in [-0.15, -0.1) is 0 Å². The molecule has 0 aliphatic carbocycles. The third-order valence-electron chi connectivity index (χ3n) is 2.78. The van der Waals surface area contributed by atoms with Gasteiger partial charge >= 0.3 is 5.97 Å². The predicted octanol–water partition coefficient (Wildman–Crippen LogP) is 1.40. The molecule has 6 nitrogen and oxygen atoms in total. The lowest BCUT2D eigenvalue weighted by atomic mass is 10.2. The summed E-state index contributed by atoms with van der Waals surface area (Å²) in [6.45, 7) is 2.27. The van der Waals surface area contributed by atoms with Gasteiger partial charge in [-0.05, 0) is 18.2 Å². The Hall–Kier alpha value is -1.92. The highest BCUT2D eigenvalue weighted by molar-refractivity contribution is 5.92. The molecule has 102 valence electrons. The maximum absolute atomic E-state index is 10.9. The number of hydrogen-bond acceptors (Lipinski definition) is 4. The molecule has 6 heteroatoms. The van der Waals surface area contributed by atoms with Crippen LogP contribution in [0.25, 0.3) is 11.0 Å². The number of carbonyl (C=O) groups is 1. The lowest BCUT2D eigenvalue weighted by molar-refractivity contribution is 0.0669. The van der Waals surface area contributed by atoms with E-state index in [1.54, 1.807) is 31.6 Å². The van der Waals surface area contributed by atoms with Gasteiger partial charge in [0.05, 0.1) is 42.7 Å². The van der Waals surface area contributed by atoms with Crippen molar-refractivity contribution in [3.05, 3.63) is 30.1 Å². The fourth-order valence-corrected chi connectivity index (χ4v) is 1.78. The summed E-state index contributed by atoms with van der Waals surface area (Å²) in [5, 5.41) is 8.98. The summed E-state index contributed by atoms with van der Waals surface area (Å²) in [7, 11) is 1.63. The van der Waals surface area contributed by atoms with Gasteiger partial charge in [-0.25, -0.2) is 9.78 Å². The van der Waals surface area contributed by atoms with Crippen molar-refractivity contribution in [3.8, 4) is 0 Å². The Labute approximate surface area is 110 Å². The van der Waals surface area contributed by atoms with E-state index in [1.807, 2.05) is 4.57 Å². The number of ether oxygens (including phenoxy) is 2. The Bertz CT molecular complexity index is 565. The fraction of sp³-hybridized carbons (Fsp3) is 0.385. The summed E-state index contributed by atoms with van der Waals surface area (Å²) in [5.74, 6) is -0.939. The van der Waals surface area contributed by atoms with Gasteiger partial charge in [0.15, 0.2) is 0 Å². The molecule has 19 heavy (non-hydrogen) atoms. The van der Waals surface area contributed by atoms with Crippen molar-refractivity contribution in [1.29, 1.82) is 0 Å². The first kappa shape index (κ1) is 13.5. The Balaban J connectivity index is 2.06. The highest BCUT2D eigenvalue weighted by Crippen LogP contribution is 2.15. The van der Waals surface area contributed by atoms with Crippen molar-refractivity contribution in [3.63, 3.8) is 0 Å². The van der Waals surface area contributed by atoms with Crippen LogP contribution in [0.1, 0.15) is 10.4 Å². The molecule has 1 N–H and O–H groups in total. The minimum absolute atomic E-state index is 0.259. The first-order valence-electron chi connectivity index (χ1n) is 5.97. The molecule has 0 amide bonds. The van der Waals surface area contributed by atoms with E-state index in [1.165, 1.54) is 0 Å². The standard InChI is InChI=1S/C13H16N2O4/c1-18-6-7-19-5-4-15-9-14-11-3-2-10(13(16)17)8-12(11)15/h2-3,8-9H,4-7H2,1H3,(H,16,17). The van der Waals surface area contributed by atoms with Crippen LogP contribution in [-0.2, 0) is 16.0 Å². The van der Waals surface area contributed by atoms with E-state index in [0.29, 0.717) is 26.4 Å². The van der Waals surface area contributed by atoms with Gasteiger partial charge in [0, 0.05) is 13.7 Å². The minimum atomic E-state index is -0.939. The molecule has 0 aliphatic rings. The van der Waals surface area contributed by atoms with Gasteiger partial charge in [0.1, 0.15) is 0 Å². The number of aromatic carboxylic acids is 1. The Morgan fingerprint density at radius 3 is 2.95 bits per heavy atom. The summed E-state index contributed by atoms with van der Waals surface area (Å²) < 4.78 is 12.1. The van der Waals surface area contributed by atoms with Crippen LogP contribution in [0, 0.1) is 0 Å². The van der Waals surface area contributed by atoms with Crippen molar-refractivity contribution in [2.24, 2.45) is 0 Å². The second kappa shape index (κ2) is 6.31. The molecule has 0 radical (unpaired) electrons. The number of methoxy groups -OCH3 is 1. The number of imidazole rings is 1. The van der Waals surface area contributed by atoms with Crippen LogP contribution in [0.4, 0.5) is 0 Å². The molecule has 2 aromatic rings. The largest absolute Gasteiger partial charge is 0.478 e. The zero-order valence-electron chi connectivity index (χ0n) is 10.7. The number of benzene rings is 1. The molecule has 1 aromatic carbocycles. The van der Waals surface area contributed by atoms with E-state index in [2.05, 4.69) is 4.98 Å².